The van der Waals surface area contributed by atoms with Crippen molar-refractivity contribution < 1.29 is 4.79 Å². The number of carbonyl (C=O) groups excluding carboxylic acids is 1. The average molecular weight is 266 g/mol. The maximum absolute atomic E-state index is 12.1. The fraction of sp³-hybridized carbons (Fsp3) is 0.938. The molecule has 0 aromatic rings. The van der Waals surface area contributed by atoms with Gasteiger partial charge in [-0.3, -0.25) is 4.79 Å². The summed E-state index contributed by atoms with van der Waals surface area (Å²) in [6.07, 6.45) is 6.92. The summed E-state index contributed by atoms with van der Waals surface area (Å²) < 4.78 is 0. The summed E-state index contributed by atoms with van der Waals surface area (Å²) in [5, 5.41) is 0. The molecule has 3 nitrogen and oxygen atoms in total. The molecule has 1 aliphatic heterocycles. The van der Waals surface area contributed by atoms with Crippen molar-refractivity contribution in [1.29, 1.82) is 0 Å². The second-order valence-corrected chi connectivity index (χ2v) is 6.73. The zero-order valence-electron chi connectivity index (χ0n) is 12.9. The molecule has 3 heteroatoms. The largest absolute Gasteiger partial charge is 0.305 e. The first-order chi connectivity index (χ1) is 9.10. The minimum absolute atomic E-state index is 0.319. The summed E-state index contributed by atoms with van der Waals surface area (Å²) in [6, 6.07) is 0.675. The third-order valence-electron chi connectivity index (χ3n) is 5.14. The molecule has 1 heterocycles. The van der Waals surface area contributed by atoms with Crippen LogP contribution in [0.2, 0.25) is 0 Å². The Hall–Kier alpha value is -0.410. The van der Waals surface area contributed by atoms with E-state index in [4.69, 9.17) is 0 Å². The first-order valence-corrected chi connectivity index (χ1v) is 8.01. The molecule has 0 aromatic heterocycles. The van der Waals surface area contributed by atoms with Crippen molar-refractivity contribution in [2.75, 3.05) is 33.7 Å². The molecule has 3 unspecified atom stereocenters. The van der Waals surface area contributed by atoms with E-state index in [1.807, 2.05) is 0 Å². The fourth-order valence-electron chi connectivity index (χ4n) is 3.68. The first-order valence-electron chi connectivity index (χ1n) is 8.01. The number of likely N-dealkylation sites (N-methyl/N-ethyl adjacent to an activating group) is 1. The fourth-order valence-corrected chi connectivity index (χ4v) is 3.68. The van der Waals surface area contributed by atoms with Crippen molar-refractivity contribution in [2.45, 2.75) is 51.5 Å². The molecule has 1 saturated heterocycles. The summed E-state index contributed by atoms with van der Waals surface area (Å²) in [7, 11) is 4.35. The summed E-state index contributed by atoms with van der Waals surface area (Å²) in [6.45, 7) is 5.61. The third-order valence-corrected chi connectivity index (χ3v) is 5.14. The lowest BCUT2D eigenvalue weighted by molar-refractivity contribution is -0.126. The lowest BCUT2D eigenvalue weighted by Crippen LogP contribution is -2.47. The number of hydrogen-bond acceptors (Lipinski definition) is 3. The standard InChI is InChI=1S/C16H30N2O/c1-4-13-7-8-16(19)14(10-13)11-18-9-5-6-15(12-18)17(2)3/h13-15H,4-12H2,1-3H3. The molecule has 110 valence electrons. The van der Waals surface area contributed by atoms with Crippen LogP contribution in [0.3, 0.4) is 0 Å². The van der Waals surface area contributed by atoms with Gasteiger partial charge in [-0.25, -0.2) is 0 Å². The summed E-state index contributed by atoms with van der Waals surface area (Å²) >= 11 is 0. The molecule has 2 aliphatic rings. The molecule has 3 atom stereocenters. The van der Waals surface area contributed by atoms with Crippen LogP contribution in [0.25, 0.3) is 0 Å². The number of carbonyl (C=O) groups is 1. The minimum Gasteiger partial charge on any atom is -0.305 e. The highest BCUT2D eigenvalue weighted by Crippen LogP contribution is 2.30. The molecule has 0 radical (unpaired) electrons. The number of likely N-dealkylation sites (tertiary alicyclic amines) is 1. The number of hydrogen-bond donors (Lipinski definition) is 0. The number of piperidine rings is 1. The predicted molar refractivity (Wildman–Crippen MR) is 79.3 cm³/mol. The van der Waals surface area contributed by atoms with Gasteiger partial charge in [-0.1, -0.05) is 13.3 Å². The molecule has 0 bridgehead atoms. The summed E-state index contributed by atoms with van der Waals surface area (Å²) in [5.74, 6) is 1.63. The van der Waals surface area contributed by atoms with Crippen LogP contribution in [-0.2, 0) is 4.79 Å². The van der Waals surface area contributed by atoms with Crippen molar-refractivity contribution in [1.82, 2.24) is 9.80 Å². The molecule has 0 amide bonds. The Morgan fingerprint density at radius 2 is 2.11 bits per heavy atom. The summed E-state index contributed by atoms with van der Waals surface area (Å²) in [4.78, 5) is 17.0. The van der Waals surface area contributed by atoms with E-state index in [0.717, 1.165) is 38.3 Å². The highest BCUT2D eigenvalue weighted by atomic mass is 16.1. The van der Waals surface area contributed by atoms with Crippen molar-refractivity contribution in [3.8, 4) is 0 Å². The molecular formula is C16H30N2O. The van der Waals surface area contributed by atoms with E-state index in [2.05, 4.69) is 30.8 Å². The van der Waals surface area contributed by atoms with Gasteiger partial charge in [0.1, 0.15) is 5.78 Å². The van der Waals surface area contributed by atoms with Gasteiger partial charge in [0.2, 0.25) is 0 Å². The maximum atomic E-state index is 12.1. The quantitative estimate of drug-likeness (QED) is 0.781. The molecule has 0 N–H and O–H groups in total. The Bertz CT molecular complexity index is 303. The molecular weight excluding hydrogens is 236 g/mol. The monoisotopic (exact) mass is 266 g/mol. The molecule has 2 fully saturated rings. The Labute approximate surface area is 118 Å². The van der Waals surface area contributed by atoms with Crippen LogP contribution in [0, 0.1) is 11.8 Å². The van der Waals surface area contributed by atoms with Gasteiger partial charge in [-0.15, -0.1) is 0 Å². The maximum Gasteiger partial charge on any atom is 0.137 e. The molecule has 0 aromatic carbocycles. The highest BCUT2D eigenvalue weighted by molar-refractivity contribution is 5.81. The van der Waals surface area contributed by atoms with Gasteiger partial charge in [-0.05, 0) is 52.2 Å². The van der Waals surface area contributed by atoms with Crippen molar-refractivity contribution in [3.05, 3.63) is 0 Å². The van der Waals surface area contributed by atoms with E-state index in [1.54, 1.807) is 0 Å². The third kappa shape index (κ3) is 4.03. The van der Waals surface area contributed by atoms with Gasteiger partial charge in [-0.2, -0.15) is 0 Å². The Kier molecular flexibility index (Phi) is 5.40. The Balaban J connectivity index is 1.86. The van der Waals surface area contributed by atoms with Crippen LogP contribution in [0.1, 0.15) is 45.4 Å². The van der Waals surface area contributed by atoms with E-state index in [9.17, 15) is 4.79 Å². The normalized spacial score (nSPS) is 33.9. The van der Waals surface area contributed by atoms with Gasteiger partial charge in [0.05, 0.1) is 0 Å². The van der Waals surface area contributed by atoms with E-state index >= 15 is 0 Å². The molecule has 0 spiro atoms. The van der Waals surface area contributed by atoms with Gasteiger partial charge in [0.25, 0.3) is 0 Å². The van der Waals surface area contributed by atoms with E-state index < -0.39 is 0 Å². The first kappa shape index (κ1) is 15.0. The minimum atomic E-state index is 0.319. The van der Waals surface area contributed by atoms with Crippen LogP contribution in [0.15, 0.2) is 0 Å². The predicted octanol–water partition coefficient (Wildman–Crippen LogP) is 2.41. The molecule has 19 heavy (non-hydrogen) atoms. The number of rotatable bonds is 4. The zero-order valence-corrected chi connectivity index (χ0v) is 12.9. The summed E-state index contributed by atoms with van der Waals surface area (Å²) in [5.41, 5.74) is 0. The second kappa shape index (κ2) is 6.85. The van der Waals surface area contributed by atoms with E-state index in [0.29, 0.717) is 17.7 Å². The zero-order chi connectivity index (χ0) is 13.8. The van der Waals surface area contributed by atoms with Crippen LogP contribution < -0.4 is 0 Å². The Morgan fingerprint density at radius 3 is 2.79 bits per heavy atom. The van der Waals surface area contributed by atoms with Gasteiger partial charge >= 0.3 is 0 Å². The lowest BCUT2D eigenvalue weighted by Gasteiger charge is -2.39. The SMILES string of the molecule is CCC1CCC(=O)C(CN2CCCC(N(C)C)C2)C1. The van der Waals surface area contributed by atoms with E-state index in [-0.39, 0.29) is 0 Å². The molecule has 2 rings (SSSR count). The highest BCUT2D eigenvalue weighted by Gasteiger charge is 2.31. The smallest absolute Gasteiger partial charge is 0.137 e. The average Bonchev–Trinajstić information content (AvgIpc) is 2.41. The van der Waals surface area contributed by atoms with Crippen molar-refractivity contribution in [2.24, 2.45) is 11.8 Å². The van der Waals surface area contributed by atoms with Crippen LogP contribution >= 0.6 is 0 Å². The topological polar surface area (TPSA) is 23.6 Å². The van der Waals surface area contributed by atoms with Crippen molar-refractivity contribution in [3.63, 3.8) is 0 Å². The van der Waals surface area contributed by atoms with Crippen molar-refractivity contribution >= 4 is 5.78 Å². The van der Waals surface area contributed by atoms with Crippen LogP contribution in [0.4, 0.5) is 0 Å². The molecule has 1 saturated carbocycles. The lowest BCUT2D eigenvalue weighted by atomic mass is 9.79. The van der Waals surface area contributed by atoms with Gasteiger partial charge < -0.3 is 9.80 Å². The number of nitrogens with zero attached hydrogens (tertiary/aromatic N) is 2. The second-order valence-electron chi connectivity index (χ2n) is 6.73. The number of Topliss-reactive ketones (excluding diaryl/α,β-unsaturated/α-hetero) is 1. The van der Waals surface area contributed by atoms with Crippen LogP contribution in [-0.4, -0.2) is 55.4 Å². The van der Waals surface area contributed by atoms with Gasteiger partial charge in [0, 0.05) is 31.5 Å². The van der Waals surface area contributed by atoms with Gasteiger partial charge in [0.15, 0.2) is 0 Å². The van der Waals surface area contributed by atoms with Crippen LogP contribution in [0.5, 0.6) is 0 Å². The van der Waals surface area contributed by atoms with E-state index in [1.165, 1.54) is 25.8 Å². The molecule has 1 aliphatic carbocycles. The number of ketones is 1. The Morgan fingerprint density at radius 1 is 1.32 bits per heavy atom.